The van der Waals surface area contributed by atoms with Crippen LogP contribution in [0.5, 0.6) is 11.5 Å². The highest BCUT2D eigenvalue weighted by atomic mass is 16.5. The van der Waals surface area contributed by atoms with Crippen LogP contribution in [-0.4, -0.2) is 37.6 Å². The predicted octanol–water partition coefficient (Wildman–Crippen LogP) is 1.69. The third kappa shape index (κ3) is 2.12. The predicted molar refractivity (Wildman–Crippen MR) is 74.8 cm³/mol. The number of rotatable bonds is 3. The van der Waals surface area contributed by atoms with Crippen molar-refractivity contribution in [1.82, 2.24) is 10.2 Å². The summed E-state index contributed by atoms with van der Waals surface area (Å²) in [5, 5.41) is 3.09. The molecule has 1 aromatic rings. The Bertz CT molecular complexity index is 518. The molecule has 0 spiro atoms. The van der Waals surface area contributed by atoms with Crippen molar-refractivity contribution in [3.05, 3.63) is 23.8 Å². The van der Waals surface area contributed by atoms with Crippen LogP contribution in [0.3, 0.4) is 0 Å². The third-order valence-corrected chi connectivity index (χ3v) is 4.18. The molecule has 5 nitrogen and oxygen atoms in total. The maximum Gasteiger partial charge on any atom is 0.238 e. The number of nitrogens with zero attached hydrogens (tertiary/aromatic N) is 1. The van der Waals surface area contributed by atoms with E-state index in [2.05, 4.69) is 10.2 Å². The van der Waals surface area contributed by atoms with Crippen LogP contribution in [0.1, 0.15) is 31.0 Å². The molecule has 2 heterocycles. The summed E-state index contributed by atoms with van der Waals surface area (Å²) in [6.45, 7) is 0.961. The summed E-state index contributed by atoms with van der Waals surface area (Å²) in [5.41, 5.74) is 1.04. The van der Waals surface area contributed by atoms with Crippen LogP contribution in [0.4, 0.5) is 0 Å². The molecule has 0 bridgehead atoms. The number of hydrogen-bond donors (Lipinski definition) is 1. The Hall–Kier alpha value is -1.75. The monoisotopic (exact) mass is 276 g/mol. The van der Waals surface area contributed by atoms with Gasteiger partial charge in [0.2, 0.25) is 5.91 Å². The van der Waals surface area contributed by atoms with Crippen LogP contribution >= 0.6 is 0 Å². The third-order valence-electron chi connectivity index (χ3n) is 4.18. The summed E-state index contributed by atoms with van der Waals surface area (Å²) >= 11 is 0. The zero-order chi connectivity index (χ0) is 14.1. The molecule has 20 heavy (non-hydrogen) atoms. The normalized spacial score (nSPS) is 26.0. The second-order valence-electron chi connectivity index (χ2n) is 5.27. The highest BCUT2D eigenvalue weighted by Crippen LogP contribution is 2.36. The fourth-order valence-corrected chi connectivity index (χ4v) is 3.16. The second kappa shape index (κ2) is 5.32. The first-order valence-electron chi connectivity index (χ1n) is 7.02. The number of nitrogens with one attached hydrogen (secondary N) is 1. The average Bonchev–Trinajstić information content (AvgIpc) is 2.84. The second-order valence-corrected chi connectivity index (χ2v) is 5.27. The lowest BCUT2D eigenvalue weighted by Crippen LogP contribution is -2.38. The lowest BCUT2D eigenvalue weighted by atomic mass is 10.0. The van der Waals surface area contributed by atoms with E-state index in [9.17, 15) is 4.79 Å². The number of methoxy groups -OCH3 is 2. The number of ether oxygens (including phenoxy) is 2. The number of carbonyl (C=O) groups excluding carboxylic acids is 1. The van der Waals surface area contributed by atoms with Crippen molar-refractivity contribution in [3.8, 4) is 11.5 Å². The van der Waals surface area contributed by atoms with Crippen molar-refractivity contribution in [1.29, 1.82) is 0 Å². The molecule has 108 valence electrons. The van der Waals surface area contributed by atoms with Crippen LogP contribution in [-0.2, 0) is 4.79 Å². The quantitative estimate of drug-likeness (QED) is 0.912. The van der Waals surface area contributed by atoms with E-state index < -0.39 is 0 Å². The van der Waals surface area contributed by atoms with Gasteiger partial charge in [0.1, 0.15) is 6.17 Å². The first-order chi connectivity index (χ1) is 9.74. The van der Waals surface area contributed by atoms with Gasteiger partial charge in [-0.05, 0) is 30.5 Å². The van der Waals surface area contributed by atoms with Crippen molar-refractivity contribution < 1.29 is 14.3 Å². The molecule has 0 aliphatic carbocycles. The molecule has 1 amide bonds. The Balaban J connectivity index is 1.90. The molecule has 2 fully saturated rings. The molecule has 3 rings (SSSR count). The molecule has 2 aliphatic heterocycles. The van der Waals surface area contributed by atoms with E-state index in [4.69, 9.17) is 9.47 Å². The van der Waals surface area contributed by atoms with Gasteiger partial charge in [0.05, 0.1) is 20.3 Å². The highest BCUT2D eigenvalue weighted by Gasteiger charge is 2.41. The largest absolute Gasteiger partial charge is 0.493 e. The van der Waals surface area contributed by atoms with Gasteiger partial charge in [-0.1, -0.05) is 12.5 Å². The van der Waals surface area contributed by atoms with Crippen LogP contribution in [0.15, 0.2) is 18.2 Å². The first kappa shape index (κ1) is 13.2. The van der Waals surface area contributed by atoms with Crippen molar-refractivity contribution in [2.45, 2.75) is 31.5 Å². The number of fused-ring (bicyclic) bond motifs is 1. The van der Waals surface area contributed by atoms with Crippen molar-refractivity contribution >= 4 is 5.91 Å². The van der Waals surface area contributed by atoms with Gasteiger partial charge < -0.3 is 14.8 Å². The Morgan fingerprint density at radius 1 is 1.20 bits per heavy atom. The zero-order valence-electron chi connectivity index (χ0n) is 11.9. The number of carbonyl (C=O) groups is 1. The Kier molecular flexibility index (Phi) is 3.53. The molecule has 0 saturated carbocycles. The fourth-order valence-electron chi connectivity index (χ4n) is 3.16. The number of amides is 1. The molecule has 5 heteroatoms. The minimum atomic E-state index is -0.0485. The van der Waals surface area contributed by atoms with Crippen LogP contribution < -0.4 is 14.8 Å². The molecule has 2 aliphatic rings. The van der Waals surface area contributed by atoms with E-state index in [1.807, 2.05) is 18.2 Å². The van der Waals surface area contributed by atoms with E-state index >= 15 is 0 Å². The van der Waals surface area contributed by atoms with E-state index in [0.29, 0.717) is 11.5 Å². The summed E-state index contributed by atoms with van der Waals surface area (Å²) in [6, 6.07) is 5.85. The molecule has 0 aromatic heterocycles. The lowest BCUT2D eigenvalue weighted by Gasteiger charge is -2.31. The molecule has 2 atom stereocenters. The van der Waals surface area contributed by atoms with Crippen LogP contribution in [0.2, 0.25) is 0 Å². The van der Waals surface area contributed by atoms with Gasteiger partial charge >= 0.3 is 0 Å². The molecule has 1 N–H and O–H groups in total. The number of benzene rings is 1. The van der Waals surface area contributed by atoms with E-state index in [-0.39, 0.29) is 18.1 Å². The molecular weight excluding hydrogens is 256 g/mol. The fraction of sp³-hybridized carbons (Fsp3) is 0.533. The van der Waals surface area contributed by atoms with Gasteiger partial charge in [-0.3, -0.25) is 9.69 Å². The Morgan fingerprint density at radius 3 is 2.75 bits per heavy atom. The van der Waals surface area contributed by atoms with Crippen LogP contribution in [0, 0.1) is 0 Å². The van der Waals surface area contributed by atoms with Gasteiger partial charge in [0, 0.05) is 6.54 Å². The summed E-state index contributed by atoms with van der Waals surface area (Å²) in [6.07, 6.45) is 3.19. The van der Waals surface area contributed by atoms with Crippen molar-refractivity contribution in [3.63, 3.8) is 0 Å². The molecule has 0 radical (unpaired) electrons. The van der Waals surface area contributed by atoms with Gasteiger partial charge in [-0.15, -0.1) is 0 Å². The summed E-state index contributed by atoms with van der Waals surface area (Å²) in [7, 11) is 3.24. The number of hydrogen-bond acceptors (Lipinski definition) is 4. The maximum absolute atomic E-state index is 12.1. The van der Waals surface area contributed by atoms with E-state index in [1.54, 1.807) is 14.2 Å². The minimum Gasteiger partial charge on any atom is -0.493 e. The van der Waals surface area contributed by atoms with Crippen LogP contribution in [0.25, 0.3) is 0 Å². The molecule has 2 unspecified atom stereocenters. The van der Waals surface area contributed by atoms with Gasteiger partial charge in [-0.25, -0.2) is 0 Å². The maximum atomic E-state index is 12.1. The molecule has 2 saturated heterocycles. The number of piperidine rings is 1. The van der Waals surface area contributed by atoms with Crippen molar-refractivity contribution in [2.75, 3.05) is 20.8 Å². The Morgan fingerprint density at radius 2 is 2.00 bits per heavy atom. The van der Waals surface area contributed by atoms with E-state index in [1.165, 1.54) is 0 Å². The topological polar surface area (TPSA) is 50.8 Å². The first-order valence-corrected chi connectivity index (χ1v) is 7.02. The lowest BCUT2D eigenvalue weighted by molar-refractivity contribution is -0.122. The molecular formula is C15H20N2O3. The van der Waals surface area contributed by atoms with Gasteiger partial charge in [-0.2, -0.15) is 0 Å². The zero-order valence-corrected chi connectivity index (χ0v) is 11.9. The SMILES string of the molecule is COc1ccc(C2NC(=O)C3CCCCN32)cc1OC. The summed E-state index contributed by atoms with van der Waals surface area (Å²) in [4.78, 5) is 14.3. The summed E-state index contributed by atoms with van der Waals surface area (Å²) < 4.78 is 10.6. The van der Waals surface area contributed by atoms with Gasteiger partial charge in [0.15, 0.2) is 11.5 Å². The Labute approximate surface area is 118 Å². The van der Waals surface area contributed by atoms with Gasteiger partial charge in [0.25, 0.3) is 0 Å². The van der Waals surface area contributed by atoms with Crippen molar-refractivity contribution in [2.24, 2.45) is 0 Å². The smallest absolute Gasteiger partial charge is 0.238 e. The van der Waals surface area contributed by atoms with E-state index in [0.717, 1.165) is 31.4 Å². The highest BCUT2D eigenvalue weighted by molar-refractivity contribution is 5.84. The summed E-state index contributed by atoms with van der Waals surface area (Å²) in [5.74, 6) is 1.54. The average molecular weight is 276 g/mol. The standard InChI is InChI=1S/C15H20N2O3/c1-19-12-7-6-10(9-13(12)20-2)14-16-15(18)11-5-3-4-8-17(11)14/h6-7,9,11,14H,3-5,8H2,1-2H3,(H,16,18). The molecule has 1 aromatic carbocycles. The minimum absolute atomic E-state index is 0.0295.